The number of carbonyl (C=O) groups excluding carboxylic acids is 2. The van der Waals surface area contributed by atoms with Gasteiger partial charge in [-0.05, 0) is 41.5 Å². The van der Waals surface area contributed by atoms with Gasteiger partial charge in [0.1, 0.15) is 12.2 Å². The van der Waals surface area contributed by atoms with Crippen molar-refractivity contribution in [2.75, 3.05) is 6.61 Å². The van der Waals surface area contributed by atoms with Gasteiger partial charge in [0.25, 0.3) is 0 Å². The van der Waals surface area contributed by atoms with Crippen molar-refractivity contribution < 1.29 is 19.1 Å². The molecular formula is C12H24O4. The van der Waals surface area contributed by atoms with Crippen LogP contribution in [0.4, 0.5) is 0 Å². The van der Waals surface area contributed by atoms with Gasteiger partial charge in [-0.25, -0.2) is 0 Å². The zero-order valence-electron chi connectivity index (χ0n) is 11.2. The Morgan fingerprint density at radius 3 is 1.69 bits per heavy atom. The van der Waals surface area contributed by atoms with E-state index in [0.717, 1.165) is 0 Å². The van der Waals surface area contributed by atoms with E-state index >= 15 is 0 Å². The summed E-state index contributed by atoms with van der Waals surface area (Å²) >= 11 is 0. The SMILES string of the molecule is CC(C)OC(C)C.CCOC(=O)CC(C)=O. The molecule has 0 aromatic rings. The Hall–Kier alpha value is -0.900. The Balaban J connectivity index is 0. The third-order valence-electron chi connectivity index (χ3n) is 1.24. The first-order valence-corrected chi connectivity index (χ1v) is 5.60. The van der Waals surface area contributed by atoms with Gasteiger partial charge in [0.05, 0.1) is 18.8 Å². The van der Waals surface area contributed by atoms with Gasteiger partial charge >= 0.3 is 5.97 Å². The van der Waals surface area contributed by atoms with Crippen LogP contribution >= 0.6 is 0 Å². The van der Waals surface area contributed by atoms with E-state index < -0.39 is 5.97 Å². The van der Waals surface area contributed by atoms with Gasteiger partial charge in [0, 0.05) is 0 Å². The molecule has 0 unspecified atom stereocenters. The maximum Gasteiger partial charge on any atom is 0.313 e. The number of carbonyl (C=O) groups is 2. The average Bonchev–Trinajstić information content (AvgIpc) is 2.00. The number of rotatable bonds is 5. The van der Waals surface area contributed by atoms with Crippen LogP contribution < -0.4 is 0 Å². The van der Waals surface area contributed by atoms with Gasteiger partial charge in [0.15, 0.2) is 0 Å². The van der Waals surface area contributed by atoms with Crippen LogP contribution in [0.3, 0.4) is 0 Å². The molecule has 0 saturated heterocycles. The van der Waals surface area contributed by atoms with Crippen molar-refractivity contribution in [1.82, 2.24) is 0 Å². The third kappa shape index (κ3) is 18.8. The lowest BCUT2D eigenvalue weighted by Gasteiger charge is -2.09. The van der Waals surface area contributed by atoms with E-state index in [2.05, 4.69) is 4.74 Å². The molecule has 0 N–H and O–H groups in total. The van der Waals surface area contributed by atoms with Gasteiger partial charge in [-0.2, -0.15) is 0 Å². The van der Waals surface area contributed by atoms with E-state index in [0.29, 0.717) is 18.8 Å². The largest absolute Gasteiger partial charge is 0.466 e. The molecule has 0 aliphatic carbocycles. The normalized spacial score (nSPS) is 9.75. The molecule has 0 aliphatic rings. The fourth-order valence-corrected chi connectivity index (χ4v) is 0.960. The molecule has 0 fully saturated rings. The maximum atomic E-state index is 10.4. The average molecular weight is 232 g/mol. The standard InChI is InChI=1S/C6H10O3.C6H14O/c1-3-9-6(8)4-5(2)7;1-5(2)7-6(3)4/h3-4H2,1-2H3;5-6H,1-4H3. The van der Waals surface area contributed by atoms with Gasteiger partial charge < -0.3 is 9.47 Å². The second kappa shape index (κ2) is 10.6. The fraction of sp³-hybridized carbons (Fsp3) is 0.833. The summed E-state index contributed by atoms with van der Waals surface area (Å²) in [5.74, 6) is -0.599. The van der Waals surface area contributed by atoms with E-state index in [1.807, 2.05) is 27.7 Å². The van der Waals surface area contributed by atoms with Crippen molar-refractivity contribution in [3.8, 4) is 0 Å². The van der Waals surface area contributed by atoms with Crippen LogP contribution in [-0.4, -0.2) is 30.6 Å². The van der Waals surface area contributed by atoms with Crippen LogP contribution in [0.5, 0.6) is 0 Å². The molecule has 0 bridgehead atoms. The summed E-state index contributed by atoms with van der Waals surface area (Å²) < 4.78 is 9.74. The molecule has 16 heavy (non-hydrogen) atoms. The van der Waals surface area contributed by atoms with Crippen molar-refractivity contribution in [3.63, 3.8) is 0 Å². The number of hydrogen-bond donors (Lipinski definition) is 0. The molecule has 0 spiro atoms. The van der Waals surface area contributed by atoms with Crippen LogP contribution in [-0.2, 0) is 19.1 Å². The first-order chi connectivity index (χ1) is 7.29. The summed E-state index contributed by atoms with van der Waals surface area (Å²) in [5.41, 5.74) is 0. The van der Waals surface area contributed by atoms with Crippen molar-refractivity contribution >= 4 is 11.8 Å². The molecule has 0 atom stereocenters. The number of ether oxygens (including phenoxy) is 2. The lowest BCUT2D eigenvalue weighted by atomic mass is 10.3. The summed E-state index contributed by atoms with van der Waals surface area (Å²) in [6, 6.07) is 0. The molecule has 0 radical (unpaired) electrons. The predicted molar refractivity (Wildman–Crippen MR) is 63.3 cm³/mol. The van der Waals surface area contributed by atoms with E-state index in [-0.39, 0.29) is 12.2 Å². The lowest BCUT2D eigenvalue weighted by molar-refractivity contribution is -0.145. The molecule has 96 valence electrons. The van der Waals surface area contributed by atoms with E-state index in [1.165, 1.54) is 6.92 Å². The summed E-state index contributed by atoms with van der Waals surface area (Å²) in [4.78, 5) is 20.6. The molecule has 0 aliphatic heterocycles. The highest BCUT2D eigenvalue weighted by Gasteiger charge is 2.03. The molecule has 0 heterocycles. The van der Waals surface area contributed by atoms with Crippen molar-refractivity contribution in [3.05, 3.63) is 0 Å². The second-order valence-electron chi connectivity index (χ2n) is 3.92. The van der Waals surface area contributed by atoms with Gasteiger partial charge in [-0.15, -0.1) is 0 Å². The molecule has 0 aromatic carbocycles. The van der Waals surface area contributed by atoms with E-state index in [4.69, 9.17) is 4.74 Å². The first-order valence-electron chi connectivity index (χ1n) is 5.60. The summed E-state index contributed by atoms with van der Waals surface area (Å²) in [6.45, 7) is 11.6. The fourth-order valence-electron chi connectivity index (χ4n) is 0.960. The maximum absolute atomic E-state index is 10.4. The molecule has 0 rings (SSSR count). The number of esters is 1. The monoisotopic (exact) mass is 232 g/mol. The van der Waals surface area contributed by atoms with Crippen molar-refractivity contribution in [2.24, 2.45) is 0 Å². The Morgan fingerprint density at radius 2 is 1.50 bits per heavy atom. The van der Waals surface area contributed by atoms with Crippen LogP contribution in [0.25, 0.3) is 0 Å². The Labute approximate surface area is 98.3 Å². The molecule has 0 amide bonds. The highest BCUT2D eigenvalue weighted by molar-refractivity contribution is 5.94. The first kappa shape index (κ1) is 17.5. The highest BCUT2D eigenvalue weighted by Crippen LogP contribution is 1.93. The lowest BCUT2D eigenvalue weighted by Crippen LogP contribution is -2.09. The minimum atomic E-state index is -0.440. The highest BCUT2D eigenvalue weighted by atomic mass is 16.5. The third-order valence-corrected chi connectivity index (χ3v) is 1.24. The molecular weight excluding hydrogens is 208 g/mol. The number of Topliss-reactive ketones (excluding diaryl/α,β-unsaturated/α-hetero) is 1. The molecule has 0 aromatic heterocycles. The Bertz CT molecular complexity index is 191. The van der Waals surface area contributed by atoms with Gasteiger partial charge in [0.2, 0.25) is 0 Å². The van der Waals surface area contributed by atoms with Crippen molar-refractivity contribution in [1.29, 1.82) is 0 Å². The topological polar surface area (TPSA) is 52.6 Å². The van der Waals surface area contributed by atoms with Crippen LogP contribution in [0.2, 0.25) is 0 Å². The number of hydrogen-bond acceptors (Lipinski definition) is 4. The van der Waals surface area contributed by atoms with Crippen LogP contribution in [0.15, 0.2) is 0 Å². The zero-order valence-corrected chi connectivity index (χ0v) is 11.2. The summed E-state index contributed by atoms with van der Waals surface area (Å²) in [7, 11) is 0. The second-order valence-corrected chi connectivity index (χ2v) is 3.92. The smallest absolute Gasteiger partial charge is 0.313 e. The minimum absolute atomic E-state index is 0.103. The Kier molecular flexibility index (Phi) is 11.6. The summed E-state index contributed by atoms with van der Waals surface area (Å²) in [6.07, 6.45) is 0.647. The van der Waals surface area contributed by atoms with Crippen LogP contribution in [0, 0.1) is 0 Å². The summed E-state index contributed by atoms with van der Waals surface area (Å²) in [5, 5.41) is 0. The van der Waals surface area contributed by atoms with E-state index in [1.54, 1.807) is 6.92 Å². The minimum Gasteiger partial charge on any atom is -0.466 e. The molecule has 4 heteroatoms. The Morgan fingerprint density at radius 1 is 1.06 bits per heavy atom. The van der Waals surface area contributed by atoms with Crippen molar-refractivity contribution in [2.45, 2.75) is 60.2 Å². The van der Waals surface area contributed by atoms with E-state index in [9.17, 15) is 9.59 Å². The molecule has 4 nitrogen and oxygen atoms in total. The quantitative estimate of drug-likeness (QED) is 0.539. The molecule has 0 saturated carbocycles. The predicted octanol–water partition coefficient (Wildman–Crippen LogP) is 2.35. The van der Waals surface area contributed by atoms with Gasteiger partial charge in [-0.3, -0.25) is 9.59 Å². The van der Waals surface area contributed by atoms with Crippen LogP contribution in [0.1, 0.15) is 48.0 Å². The van der Waals surface area contributed by atoms with Gasteiger partial charge in [-0.1, -0.05) is 0 Å². The zero-order chi connectivity index (χ0) is 13.1. The number of ketones is 1.